The van der Waals surface area contributed by atoms with Crippen LogP contribution in [0.4, 0.5) is 8.78 Å². The van der Waals surface area contributed by atoms with Crippen molar-refractivity contribution in [2.45, 2.75) is 18.9 Å². The molecule has 8 heteroatoms. The first-order valence-corrected chi connectivity index (χ1v) is 10.7. The third-order valence-electron chi connectivity index (χ3n) is 5.14. The Morgan fingerprint density at radius 2 is 2.17 bits per heavy atom. The number of benzene rings is 1. The molecule has 0 aliphatic carbocycles. The van der Waals surface area contributed by atoms with Gasteiger partial charge in [-0.2, -0.15) is 0 Å². The molecule has 1 saturated heterocycles. The summed E-state index contributed by atoms with van der Waals surface area (Å²) >= 11 is 1.81. The number of likely N-dealkylation sites (tertiary alicyclic amines) is 1. The minimum Gasteiger partial charge on any atom is -0.489 e. The molecule has 2 atom stereocenters. The summed E-state index contributed by atoms with van der Waals surface area (Å²) in [5, 5.41) is 8.72. The zero-order chi connectivity index (χ0) is 20.6. The number of guanidine groups is 1. The van der Waals surface area contributed by atoms with Crippen molar-refractivity contribution in [3.63, 3.8) is 0 Å². The fourth-order valence-corrected chi connectivity index (χ4v) is 4.74. The van der Waals surface area contributed by atoms with Crippen LogP contribution in [0.5, 0.6) is 5.75 Å². The third kappa shape index (κ3) is 5.90. The molecule has 0 amide bonds. The molecule has 0 saturated carbocycles. The van der Waals surface area contributed by atoms with Gasteiger partial charge in [0, 0.05) is 30.6 Å². The van der Waals surface area contributed by atoms with Crippen molar-refractivity contribution in [3.05, 3.63) is 52.2 Å². The van der Waals surface area contributed by atoms with Gasteiger partial charge in [-0.25, -0.2) is 8.78 Å². The fourth-order valence-electron chi connectivity index (χ4n) is 3.75. The Labute approximate surface area is 174 Å². The first-order valence-electron chi connectivity index (χ1n) is 9.84. The molecule has 29 heavy (non-hydrogen) atoms. The zero-order valence-electron chi connectivity index (χ0n) is 16.8. The summed E-state index contributed by atoms with van der Waals surface area (Å²) in [6.07, 6.45) is 2.36. The van der Waals surface area contributed by atoms with Crippen LogP contribution in [0.1, 0.15) is 23.8 Å². The maximum absolute atomic E-state index is 13.6. The highest BCUT2D eigenvalue weighted by atomic mass is 32.1. The SMILES string of the molecule is CN=C(NCCOc1ccc(F)cc1F)NCC1CCCN(C)C1c1cccs1. The van der Waals surface area contributed by atoms with E-state index in [4.69, 9.17) is 4.74 Å². The van der Waals surface area contributed by atoms with E-state index in [9.17, 15) is 8.78 Å². The van der Waals surface area contributed by atoms with E-state index in [1.807, 2.05) is 11.3 Å². The van der Waals surface area contributed by atoms with E-state index in [0.29, 0.717) is 24.5 Å². The van der Waals surface area contributed by atoms with Gasteiger partial charge in [-0.1, -0.05) is 6.07 Å². The Kier molecular flexibility index (Phi) is 7.83. The predicted molar refractivity (Wildman–Crippen MR) is 114 cm³/mol. The van der Waals surface area contributed by atoms with Gasteiger partial charge in [0.05, 0.1) is 6.54 Å². The summed E-state index contributed by atoms with van der Waals surface area (Å²) in [6.45, 7) is 2.63. The highest BCUT2D eigenvalue weighted by Gasteiger charge is 2.31. The molecular weight excluding hydrogens is 394 g/mol. The number of nitrogens with zero attached hydrogens (tertiary/aromatic N) is 2. The Bertz CT molecular complexity index is 800. The largest absolute Gasteiger partial charge is 0.489 e. The fraction of sp³-hybridized carbons (Fsp3) is 0.476. The number of hydrogen-bond acceptors (Lipinski definition) is 4. The van der Waals surface area contributed by atoms with Crippen molar-refractivity contribution >= 4 is 17.3 Å². The molecule has 3 rings (SSSR count). The minimum absolute atomic E-state index is 0.0418. The van der Waals surface area contributed by atoms with Crippen molar-refractivity contribution in [2.24, 2.45) is 10.9 Å². The molecular formula is C21H28F2N4OS. The first-order chi connectivity index (χ1) is 14.1. The molecule has 1 aliphatic rings. The molecule has 2 unspecified atom stereocenters. The third-order valence-corrected chi connectivity index (χ3v) is 6.09. The molecule has 0 bridgehead atoms. The molecule has 2 N–H and O–H groups in total. The van der Waals surface area contributed by atoms with Crippen LogP contribution in [0.2, 0.25) is 0 Å². The van der Waals surface area contributed by atoms with Gasteiger partial charge in [0.25, 0.3) is 0 Å². The van der Waals surface area contributed by atoms with Crippen LogP contribution in [0.3, 0.4) is 0 Å². The number of hydrogen-bond donors (Lipinski definition) is 2. The monoisotopic (exact) mass is 422 g/mol. The summed E-state index contributed by atoms with van der Waals surface area (Å²) < 4.78 is 31.9. The molecule has 1 aliphatic heterocycles. The van der Waals surface area contributed by atoms with Crippen LogP contribution in [0.25, 0.3) is 0 Å². The molecule has 1 aromatic carbocycles. The molecule has 5 nitrogen and oxygen atoms in total. The quantitative estimate of drug-likeness (QED) is 0.406. The number of piperidine rings is 1. The van der Waals surface area contributed by atoms with Gasteiger partial charge < -0.3 is 15.4 Å². The Morgan fingerprint density at radius 1 is 1.31 bits per heavy atom. The van der Waals surface area contributed by atoms with E-state index in [1.54, 1.807) is 7.05 Å². The summed E-state index contributed by atoms with van der Waals surface area (Å²) in [4.78, 5) is 8.09. The standard InChI is InChI=1S/C21H28F2N4OS/c1-24-21(25-9-11-28-18-8-7-16(22)13-17(18)23)26-14-15-5-3-10-27(2)20(15)19-6-4-12-29-19/h4,6-8,12-13,15,20H,3,5,9-11,14H2,1-2H3,(H2,24,25,26). The van der Waals surface area contributed by atoms with Crippen molar-refractivity contribution < 1.29 is 13.5 Å². The number of halogens is 2. The van der Waals surface area contributed by atoms with E-state index < -0.39 is 11.6 Å². The first kappa shape index (κ1) is 21.5. The second kappa shape index (κ2) is 10.5. The van der Waals surface area contributed by atoms with Crippen molar-refractivity contribution in [1.29, 1.82) is 0 Å². The highest BCUT2D eigenvalue weighted by molar-refractivity contribution is 7.10. The van der Waals surface area contributed by atoms with Crippen molar-refractivity contribution in [3.8, 4) is 5.75 Å². The highest BCUT2D eigenvalue weighted by Crippen LogP contribution is 2.36. The van der Waals surface area contributed by atoms with Gasteiger partial charge in [-0.15, -0.1) is 11.3 Å². The summed E-state index contributed by atoms with van der Waals surface area (Å²) in [5.74, 6) is -0.0950. The number of thiophene rings is 1. The average Bonchev–Trinajstić information content (AvgIpc) is 3.23. The van der Waals surface area contributed by atoms with Gasteiger partial charge in [0.1, 0.15) is 12.4 Å². The number of aliphatic imine (C=N–C) groups is 1. The van der Waals surface area contributed by atoms with E-state index in [-0.39, 0.29) is 12.4 Å². The van der Waals surface area contributed by atoms with Crippen molar-refractivity contribution in [2.75, 3.05) is 40.3 Å². The lowest BCUT2D eigenvalue weighted by atomic mass is 9.88. The lowest BCUT2D eigenvalue weighted by Gasteiger charge is -2.39. The number of ether oxygens (including phenoxy) is 1. The van der Waals surface area contributed by atoms with Crippen LogP contribution in [0, 0.1) is 17.6 Å². The van der Waals surface area contributed by atoms with Gasteiger partial charge in [0.2, 0.25) is 0 Å². The molecule has 2 heterocycles. The maximum Gasteiger partial charge on any atom is 0.191 e. The molecule has 1 fully saturated rings. The van der Waals surface area contributed by atoms with E-state index in [2.05, 4.69) is 45.1 Å². The maximum atomic E-state index is 13.6. The molecule has 2 aromatic rings. The van der Waals surface area contributed by atoms with Crippen LogP contribution in [-0.2, 0) is 0 Å². The molecule has 0 radical (unpaired) electrons. The molecule has 158 valence electrons. The van der Waals surface area contributed by atoms with E-state index in [1.165, 1.54) is 29.9 Å². The zero-order valence-corrected chi connectivity index (χ0v) is 17.6. The Hall–Kier alpha value is -2.19. The lowest BCUT2D eigenvalue weighted by Crippen LogP contribution is -2.45. The predicted octanol–water partition coefficient (Wildman–Crippen LogP) is 3.65. The normalized spacial score (nSPS) is 20.5. The Balaban J connectivity index is 1.46. The van der Waals surface area contributed by atoms with Gasteiger partial charge >= 0.3 is 0 Å². The van der Waals surface area contributed by atoms with Crippen LogP contribution in [0.15, 0.2) is 40.7 Å². The topological polar surface area (TPSA) is 48.9 Å². The lowest BCUT2D eigenvalue weighted by molar-refractivity contribution is 0.125. The van der Waals surface area contributed by atoms with Crippen LogP contribution < -0.4 is 15.4 Å². The van der Waals surface area contributed by atoms with Crippen molar-refractivity contribution in [1.82, 2.24) is 15.5 Å². The van der Waals surface area contributed by atoms with Crippen LogP contribution in [-0.4, -0.2) is 51.2 Å². The number of nitrogens with one attached hydrogen (secondary N) is 2. The van der Waals surface area contributed by atoms with Gasteiger partial charge in [0.15, 0.2) is 17.5 Å². The second-order valence-electron chi connectivity index (χ2n) is 7.15. The summed E-state index contributed by atoms with van der Waals surface area (Å²) in [5.41, 5.74) is 0. The average molecular weight is 423 g/mol. The Morgan fingerprint density at radius 3 is 2.90 bits per heavy atom. The number of rotatable bonds is 7. The second-order valence-corrected chi connectivity index (χ2v) is 8.13. The summed E-state index contributed by atoms with van der Waals surface area (Å²) in [6, 6.07) is 8.02. The minimum atomic E-state index is -0.700. The summed E-state index contributed by atoms with van der Waals surface area (Å²) in [7, 11) is 3.91. The van der Waals surface area contributed by atoms with Crippen LogP contribution >= 0.6 is 11.3 Å². The van der Waals surface area contributed by atoms with E-state index >= 15 is 0 Å². The van der Waals surface area contributed by atoms with E-state index in [0.717, 1.165) is 19.2 Å². The molecule has 1 aromatic heterocycles. The smallest absolute Gasteiger partial charge is 0.191 e. The van der Waals surface area contributed by atoms with Gasteiger partial charge in [-0.05, 0) is 55.9 Å². The molecule has 0 spiro atoms. The van der Waals surface area contributed by atoms with Gasteiger partial charge in [-0.3, -0.25) is 9.89 Å².